The minimum Gasteiger partial charge on any atom is -0.497 e. The van der Waals surface area contributed by atoms with Crippen LogP contribution in [-0.2, 0) is 22.7 Å². The normalized spacial score (nSPS) is 16.4. The van der Waals surface area contributed by atoms with E-state index in [0.29, 0.717) is 31.9 Å². The Balaban J connectivity index is 1.52. The molecular formula is C25H26N4O4. The van der Waals surface area contributed by atoms with E-state index in [2.05, 4.69) is 9.97 Å². The molecule has 8 heteroatoms. The van der Waals surface area contributed by atoms with Crippen LogP contribution in [-0.4, -0.2) is 64.4 Å². The zero-order valence-corrected chi connectivity index (χ0v) is 18.5. The molecule has 2 amide bonds. The van der Waals surface area contributed by atoms with Crippen molar-refractivity contribution in [2.45, 2.75) is 19.3 Å². The number of methoxy groups -OCH3 is 1. The summed E-state index contributed by atoms with van der Waals surface area (Å²) in [4.78, 5) is 37.7. The highest BCUT2D eigenvalue weighted by atomic mass is 16.5. The van der Waals surface area contributed by atoms with E-state index in [1.54, 1.807) is 48.8 Å². The van der Waals surface area contributed by atoms with Gasteiger partial charge in [-0.2, -0.15) is 0 Å². The van der Waals surface area contributed by atoms with Crippen LogP contribution in [0, 0.1) is 0 Å². The summed E-state index contributed by atoms with van der Waals surface area (Å²) < 4.78 is 11.4. The van der Waals surface area contributed by atoms with Crippen LogP contribution < -0.4 is 4.74 Å². The molecule has 0 unspecified atom stereocenters. The third kappa shape index (κ3) is 5.93. The number of benzene rings is 1. The highest BCUT2D eigenvalue weighted by Gasteiger charge is 2.31. The smallest absolute Gasteiger partial charge is 0.273 e. The molecule has 0 bridgehead atoms. The van der Waals surface area contributed by atoms with E-state index < -0.39 is 0 Å². The first kappa shape index (κ1) is 22.4. The Kier molecular flexibility index (Phi) is 7.26. The predicted molar refractivity (Wildman–Crippen MR) is 121 cm³/mol. The van der Waals surface area contributed by atoms with Crippen molar-refractivity contribution in [1.82, 2.24) is 19.8 Å². The number of hydrogen-bond donors (Lipinski definition) is 0. The van der Waals surface area contributed by atoms with Gasteiger partial charge >= 0.3 is 0 Å². The van der Waals surface area contributed by atoms with E-state index in [1.807, 2.05) is 36.4 Å². The van der Waals surface area contributed by atoms with Crippen LogP contribution in [0.1, 0.15) is 21.6 Å². The Morgan fingerprint density at radius 1 is 1.03 bits per heavy atom. The average molecular weight is 447 g/mol. The molecular weight excluding hydrogens is 420 g/mol. The van der Waals surface area contributed by atoms with Gasteiger partial charge in [-0.3, -0.25) is 19.6 Å². The Morgan fingerprint density at radius 2 is 1.88 bits per heavy atom. The van der Waals surface area contributed by atoms with E-state index in [-0.39, 0.29) is 24.5 Å². The fraction of sp³-hybridized carbons (Fsp3) is 0.280. The molecule has 1 saturated heterocycles. The highest BCUT2D eigenvalue weighted by Crippen LogP contribution is 2.17. The fourth-order valence-corrected chi connectivity index (χ4v) is 3.69. The van der Waals surface area contributed by atoms with Crippen molar-refractivity contribution in [3.8, 4) is 5.75 Å². The molecule has 0 saturated carbocycles. The van der Waals surface area contributed by atoms with Gasteiger partial charge in [-0.15, -0.1) is 0 Å². The summed E-state index contributed by atoms with van der Waals surface area (Å²) in [6.07, 6.45) is 4.66. The third-order valence-corrected chi connectivity index (χ3v) is 5.44. The lowest BCUT2D eigenvalue weighted by atomic mass is 10.2. The molecule has 4 rings (SSSR count). The second-order valence-electron chi connectivity index (χ2n) is 7.82. The van der Waals surface area contributed by atoms with Crippen molar-refractivity contribution in [2.75, 3.05) is 26.7 Å². The Hall–Kier alpha value is -3.78. The minimum atomic E-state index is -0.359. The summed E-state index contributed by atoms with van der Waals surface area (Å²) in [6, 6.07) is 16.5. The van der Waals surface area contributed by atoms with Crippen LogP contribution >= 0.6 is 0 Å². The number of hydrogen-bond acceptors (Lipinski definition) is 6. The molecule has 1 atom stereocenters. The van der Waals surface area contributed by atoms with Gasteiger partial charge in [0.25, 0.3) is 5.91 Å². The number of rotatable bonds is 7. The summed E-state index contributed by atoms with van der Waals surface area (Å²) in [7, 11) is 1.62. The second-order valence-corrected chi connectivity index (χ2v) is 7.82. The Bertz CT molecular complexity index is 1060. The molecule has 1 aliphatic rings. The largest absolute Gasteiger partial charge is 0.497 e. The van der Waals surface area contributed by atoms with Crippen molar-refractivity contribution in [3.05, 3.63) is 90.0 Å². The van der Waals surface area contributed by atoms with Gasteiger partial charge < -0.3 is 19.3 Å². The van der Waals surface area contributed by atoms with Gasteiger partial charge in [0.2, 0.25) is 5.91 Å². The highest BCUT2D eigenvalue weighted by molar-refractivity contribution is 5.95. The number of carbonyl (C=O) groups is 2. The monoisotopic (exact) mass is 446 g/mol. The van der Waals surface area contributed by atoms with Gasteiger partial charge in [0.1, 0.15) is 18.0 Å². The maximum atomic E-state index is 13.1. The lowest BCUT2D eigenvalue weighted by Gasteiger charge is -2.25. The summed E-state index contributed by atoms with van der Waals surface area (Å²) in [6.45, 7) is 1.39. The van der Waals surface area contributed by atoms with Crippen LogP contribution in [0.5, 0.6) is 5.75 Å². The molecule has 33 heavy (non-hydrogen) atoms. The van der Waals surface area contributed by atoms with E-state index in [0.717, 1.165) is 16.9 Å². The first-order chi connectivity index (χ1) is 16.1. The predicted octanol–water partition coefficient (Wildman–Crippen LogP) is 2.56. The number of nitrogens with zero attached hydrogens (tertiary/aromatic N) is 4. The maximum absolute atomic E-state index is 13.1. The molecule has 0 N–H and O–H groups in total. The summed E-state index contributed by atoms with van der Waals surface area (Å²) in [5.74, 6) is 0.332. The first-order valence-electron chi connectivity index (χ1n) is 10.7. The van der Waals surface area contributed by atoms with Gasteiger partial charge in [0, 0.05) is 38.2 Å². The summed E-state index contributed by atoms with van der Waals surface area (Å²) in [5.41, 5.74) is 2.21. The van der Waals surface area contributed by atoms with Crippen LogP contribution in [0.3, 0.4) is 0 Å². The molecule has 0 radical (unpaired) electrons. The van der Waals surface area contributed by atoms with Gasteiger partial charge in [0.05, 0.1) is 19.8 Å². The van der Waals surface area contributed by atoms with Gasteiger partial charge in [0.15, 0.2) is 0 Å². The number of pyridine rings is 2. The quantitative estimate of drug-likeness (QED) is 0.555. The molecule has 8 nitrogen and oxygen atoms in total. The van der Waals surface area contributed by atoms with E-state index in [4.69, 9.17) is 9.47 Å². The molecule has 1 aromatic carbocycles. The molecule has 2 aromatic heterocycles. The zero-order valence-electron chi connectivity index (χ0n) is 18.5. The standard InChI is InChI=1S/C25H26N4O4/c1-32-21-9-7-19(8-10-21)14-28-15-22(33-18-20-5-4-11-26-13-20)16-29(17-24(28)30)25(31)23-6-2-3-12-27-23/h2-13,22H,14-18H2,1H3/t22-/m0/s1. The van der Waals surface area contributed by atoms with Gasteiger partial charge in [-0.1, -0.05) is 24.3 Å². The molecule has 170 valence electrons. The zero-order chi connectivity index (χ0) is 23.0. The maximum Gasteiger partial charge on any atom is 0.273 e. The number of ether oxygens (including phenoxy) is 2. The SMILES string of the molecule is COc1ccc(CN2C[C@H](OCc3cccnc3)CN(C(=O)c3ccccn3)CC2=O)cc1. The first-order valence-corrected chi connectivity index (χ1v) is 10.7. The van der Waals surface area contributed by atoms with Crippen LogP contribution in [0.15, 0.2) is 73.2 Å². The third-order valence-electron chi connectivity index (χ3n) is 5.44. The minimum absolute atomic E-state index is 0.0294. The van der Waals surface area contributed by atoms with Crippen molar-refractivity contribution >= 4 is 11.8 Å². The van der Waals surface area contributed by atoms with Crippen LogP contribution in [0.25, 0.3) is 0 Å². The topological polar surface area (TPSA) is 84.9 Å². The Labute approximate surface area is 192 Å². The molecule has 1 fully saturated rings. The number of carbonyl (C=O) groups excluding carboxylic acids is 2. The fourth-order valence-electron chi connectivity index (χ4n) is 3.69. The number of amides is 2. The number of aromatic nitrogens is 2. The molecule has 1 aliphatic heterocycles. The van der Waals surface area contributed by atoms with Gasteiger partial charge in [-0.05, 0) is 41.5 Å². The molecule has 3 heterocycles. The molecule has 0 aliphatic carbocycles. The Morgan fingerprint density at radius 3 is 2.58 bits per heavy atom. The average Bonchev–Trinajstić information content (AvgIpc) is 3.02. The molecule has 3 aromatic rings. The van der Waals surface area contributed by atoms with Crippen molar-refractivity contribution < 1.29 is 19.1 Å². The van der Waals surface area contributed by atoms with Crippen molar-refractivity contribution in [3.63, 3.8) is 0 Å². The second kappa shape index (κ2) is 10.7. The van der Waals surface area contributed by atoms with E-state index in [1.165, 1.54) is 4.90 Å². The van der Waals surface area contributed by atoms with Crippen LogP contribution in [0.4, 0.5) is 0 Å². The summed E-state index contributed by atoms with van der Waals surface area (Å²) >= 11 is 0. The van der Waals surface area contributed by atoms with Crippen molar-refractivity contribution in [1.29, 1.82) is 0 Å². The lowest BCUT2D eigenvalue weighted by Crippen LogP contribution is -2.40. The van der Waals surface area contributed by atoms with Crippen LogP contribution in [0.2, 0.25) is 0 Å². The van der Waals surface area contributed by atoms with Gasteiger partial charge in [-0.25, -0.2) is 0 Å². The van der Waals surface area contributed by atoms with E-state index >= 15 is 0 Å². The summed E-state index contributed by atoms with van der Waals surface area (Å²) in [5, 5.41) is 0. The molecule has 0 spiro atoms. The van der Waals surface area contributed by atoms with Crippen molar-refractivity contribution in [2.24, 2.45) is 0 Å². The van der Waals surface area contributed by atoms with E-state index in [9.17, 15) is 9.59 Å². The lowest BCUT2D eigenvalue weighted by molar-refractivity contribution is -0.132.